The minimum absolute atomic E-state index is 0.00928. The molecule has 0 amide bonds. The standard InChI is InChI=1S/C54H71Cl2F2N3O12S/c1-5-47(62)67-29-11-9-8-10-28-61(52-60-44-34-37(4)16-27-46(44)74-52)59-36-40-35-43(72-53(55,57)41-21-17-38(18-22-41)50(65)70-32-14-12-30-68-48(63)6-2)25-26-45(40)73-54(56,58)42-23-19-39(20-24-42)51(66)71-33-15-13-31-69-49(64)7-3/h5-7,16,25-27,34-36,38-39,41-42,49-50,64-65H,1-3,8-15,17-24,28-33H2,4H3/b59-36+. The maximum atomic E-state index is 16.7. The molecule has 3 aromatic rings. The van der Waals surface area contributed by atoms with E-state index in [2.05, 4.69) is 19.7 Å². The number of hydrogen-bond donors (Lipinski definition) is 2. The fourth-order valence-corrected chi connectivity index (χ4v) is 10.2. The molecule has 15 nitrogen and oxygen atoms in total. The molecule has 1 heterocycles. The number of halogens is 4. The molecule has 2 fully saturated rings. The summed E-state index contributed by atoms with van der Waals surface area (Å²) in [5.74, 6) is -3.59. The SMILES string of the molecule is C=CC(=O)OCCCCCCN(/N=C/c1cc(OC(F)(Cl)C2CCC(C(O)OCCCCOC(=O)C=C)CC2)ccc1OC(F)(Cl)C1CCC(C(=O)OCCCCOC(O)C=C)CC1)c1nc2cc(C)ccc2s1. The van der Waals surface area contributed by atoms with Gasteiger partial charge in [-0.05, 0) is 168 Å². The fourth-order valence-electron chi connectivity index (χ4n) is 8.62. The largest absolute Gasteiger partial charge is 0.465 e. The molecule has 20 heteroatoms. The van der Waals surface area contributed by atoms with Gasteiger partial charge >= 0.3 is 28.5 Å². The van der Waals surface area contributed by atoms with Crippen molar-refractivity contribution < 1.29 is 66.5 Å². The molecule has 74 heavy (non-hydrogen) atoms. The number of benzene rings is 2. The van der Waals surface area contributed by atoms with Crippen LogP contribution in [0.25, 0.3) is 10.2 Å². The van der Waals surface area contributed by atoms with E-state index in [1.54, 1.807) is 5.01 Å². The molecule has 0 spiro atoms. The molecule has 2 N–H and O–H groups in total. The summed E-state index contributed by atoms with van der Waals surface area (Å²) in [4.78, 5) is 40.5. The second-order valence-electron chi connectivity index (χ2n) is 18.5. The van der Waals surface area contributed by atoms with E-state index in [0.717, 1.165) is 40.8 Å². The van der Waals surface area contributed by atoms with Gasteiger partial charge in [-0.1, -0.05) is 43.6 Å². The number of carbonyl (C=O) groups is 3. The summed E-state index contributed by atoms with van der Waals surface area (Å²) in [6, 6.07) is 10.3. The van der Waals surface area contributed by atoms with Gasteiger partial charge < -0.3 is 43.4 Å². The number of unbranched alkanes of at least 4 members (excludes halogenated alkanes) is 5. The molecule has 0 bridgehead atoms. The first-order chi connectivity index (χ1) is 35.5. The van der Waals surface area contributed by atoms with E-state index in [0.29, 0.717) is 88.7 Å². The first-order valence-electron chi connectivity index (χ1n) is 25.4. The highest BCUT2D eigenvalue weighted by molar-refractivity contribution is 7.22. The second-order valence-corrected chi connectivity index (χ2v) is 20.6. The molecule has 1 aromatic heterocycles. The van der Waals surface area contributed by atoms with Gasteiger partial charge in [-0.3, -0.25) is 4.79 Å². The monoisotopic (exact) mass is 1090 g/mol. The average Bonchev–Trinajstić information content (AvgIpc) is 3.82. The number of esters is 3. The number of hydrogen-bond acceptors (Lipinski definition) is 16. The van der Waals surface area contributed by atoms with Crippen LogP contribution in [0, 0.1) is 30.6 Å². The predicted octanol–water partition coefficient (Wildman–Crippen LogP) is 11.5. The fraction of sp³-hybridized carbons (Fsp3) is 0.574. The summed E-state index contributed by atoms with van der Waals surface area (Å²) in [6.45, 7) is 13.9. The quantitative estimate of drug-likeness (QED) is 0.00675. The number of aryl methyl sites for hydroxylation is 1. The number of alkyl halides is 4. The zero-order valence-electron chi connectivity index (χ0n) is 42.2. The van der Waals surface area contributed by atoms with Crippen LogP contribution >= 0.6 is 34.5 Å². The number of anilines is 1. The molecule has 2 saturated carbocycles. The van der Waals surface area contributed by atoms with Crippen molar-refractivity contribution in [2.75, 3.05) is 44.6 Å². The molecular formula is C54H71Cl2F2N3O12S. The van der Waals surface area contributed by atoms with Crippen LogP contribution in [0.1, 0.15) is 114 Å². The van der Waals surface area contributed by atoms with E-state index in [1.807, 2.05) is 25.1 Å². The lowest BCUT2D eigenvalue weighted by Gasteiger charge is -2.36. The van der Waals surface area contributed by atoms with Crippen LogP contribution in [-0.2, 0) is 38.1 Å². The molecule has 4 atom stereocenters. The minimum Gasteiger partial charge on any atom is -0.465 e. The molecule has 0 radical (unpaired) electrons. The third-order valence-corrected chi connectivity index (χ3v) is 14.8. The topological polar surface area (TPSA) is 185 Å². The van der Waals surface area contributed by atoms with E-state index >= 15 is 8.78 Å². The Kier molecular flexibility index (Phi) is 25.0. The van der Waals surface area contributed by atoms with E-state index in [1.165, 1.54) is 41.8 Å². The number of fused-ring (bicyclic) bond motifs is 1. The summed E-state index contributed by atoms with van der Waals surface area (Å²) < 4.78 is 72.4. The molecule has 0 saturated heterocycles. The molecule has 2 aliphatic rings. The summed E-state index contributed by atoms with van der Waals surface area (Å²) in [6.07, 6.45) is 10.6. The third-order valence-electron chi connectivity index (χ3n) is 12.9. The van der Waals surface area contributed by atoms with Crippen molar-refractivity contribution in [3.63, 3.8) is 0 Å². The lowest BCUT2D eigenvalue weighted by atomic mass is 9.81. The lowest BCUT2D eigenvalue weighted by molar-refractivity contribution is -0.151. The number of carbonyl (C=O) groups excluding carboxylic acids is 3. The van der Waals surface area contributed by atoms with Crippen LogP contribution in [0.4, 0.5) is 13.9 Å². The maximum absolute atomic E-state index is 16.7. The molecule has 2 aromatic carbocycles. The Labute approximate surface area is 446 Å². The number of thiazole rings is 1. The number of aromatic nitrogens is 1. The van der Waals surface area contributed by atoms with Crippen molar-refractivity contribution in [1.82, 2.24) is 4.98 Å². The highest BCUT2D eigenvalue weighted by atomic mass is 35.5. The number of nitrogens with zero attached hydrogens (tertiary/aromatic N) is 3. The van der Waals surface area contributed by atoms with Crippen molar-refractivity contribution in [1.29, 1.82) is 0 Å². The van der Waals surface area contributed by atoms with Gasteiger partial charge in [-0.15, -0.1) is 0 Å². The maximum Gasteiger partial charge on any atom is 0.330 e. The van der Waals surface area contributed by atoms with Gasteiger partial charge in [0.05, 0.1) is 48.8 Å². The summed E-state index contributed by atoms with van der Waals surface area (Å²) in [5.41, 5.74) is 2.04. The van der Waals surface area contributed by atoms with Crippen LogP contribution in [0.3, 0.4) is 0 Å². The zero-order chi connectivity index (χ0) is 53.5. The molecule has 5 rings (SSSR count). The van der Waals surface area contributed by atoms with E-state index in [9.17, 15) is 24.6 Å². The number of aliphatic hydroxyl groups excluding tert-OH is 2. The average molecular weight is 1100 g/mol. The van der Waals surface area contributed by atoms with Crippen LogP contribution in [0.2, 0.25) is 0 Å². The van der Waals surface area contributed by atoms with Gasteiger partial charge in [0.15, 0.2) is 12.6 Å². The van der Waals surface area contributed by atoms with Crippen molar-refractivity contribution in [2.24, 2.45) is 28.8 Å². The number of ether oxygens (including phenoxy) is 7. The number of rotatable bonds is 33. The Morgan fingerprint density at radius 2 is 1.35 bits per heavy atom. The predicted molar refractivity (Wildman–Crippen MR) is 282 cm³/mol. The second kappa shape index (κ2) is 30.8. The Morgan fingerprint density at radius 1 is 0.770 bits per heavy atom. The molecule has 0 aliphatic heterocycles. The van der Waals surface area contributed by atoms with Crippen molar-refractivity contribution in [3.05, 3.63) is 85.5 Å². The van der Waals surface area contributed by atoms with Crippen LogP contribution in [0.15, 0.2) is 79.5 Å². The van der Waals surface area contributed by atoms with Crippen molar-refractivity contribution in [3.8, 4) is 11.5 Å². The van der Waals surface area contributed by atoms with Gasteiger partial charge in [-0.2, -0.15) is 13.9 Å². The Balaban J connectivity index is 1.29. The highest BCUT2D eigenvalue weighted by Gasteiger charge is 2.45. The number of aliphatic hydroxyl groups is 2. The lowest BCUT2D eigenvalue weighted by Crippen LogP contribution is -2.38. The normalized spacial score (nSPS) is 20.4. The van der Waals surface area contributed by atoms with Gasteiger partial charge in [0.2, 0.25) is 5.13 Å². The molecule has 2 aliphatic carbocycles. The Morgan fingerprint density at radius 3 is 2.00 bits per heavy atom. The van der Waals surface area contributed by atoms with Crippen LogP contribution in [0.5, 0.6) is 11.5 Å². The number of hydrazone groups is 1. The first-order valence-corrected chi connectivity index (χ1v) is 27.0. The van der Waals surface area contributed by atoms with Gasteiger partial charge in [-0.25, -0.2) is 19.6 Å². The smallest absolute Gasteiger partial charge is 0.330 e. The first kappa shape index (κ1) is 60.2. The summed E-state index contributed by atoms with van der Waals surface area (Å²) in [5, 5.41) is 22.0. The van der Waals surface area contributed by atoms with Gasteiger partial charge in [0, 0.05) is 48.6 Å². The third kappa shape index (κ3) is 19.8. The van der Waals surface area contributed by atoms with Crippen LogP contribution < -0.4 is 14.5 Å². The Bertz CT molecular complexity index is 2300. The molecular weight excluding hydrogens is 1020 g/mol. The van der Waals surface area contributed by atoms with Crippen molar-refractivity contribution >= 4 is 74.0 Å². The zero-order valence-corrected chi connectivity index (χ0v) is 44.5. The van der Waals surface area contributed by atoms with E-state index in [4.69, 9.17) is 66.4 Å². The minimum atomic E-state index is -2.72. The summed E-state index contributed by atoms with van der Waals surface area (Å²) in [7, 11) is 0. The van der Waals surface area contributed by atoms with Gasteiger partial charge in [0.25, 0.3) is 0 Å². The van der Waals surface area contributed by atoms with E-state index < -0.39 is 52.9 Å². The summed E-state index contributed by atoms with van der Waals surface area (Å²) >= 11 is 14.6. The molecule has 408 valence electrons. The van der Waals surface area contributed by atoms with E-state index in [-0.39, 0.29) is 74.8 Å². The Hall–Kier alpha value is -4.69. The van der Waals surface area contributed by atoms with Crippen LogP contribution in [-0.4, -0.2) is 102 Å². The van der Waals surface area contributed by atoms with Crippen molar-refractivity contribution in [2.45, 2.75) is 133 Å². The van der Waals surface area contributed by atoms with Gasteiger partial charge in [0.1, 0.15) is 11.5 Å². The highest BCUT2D eigenvalue weighted by Crippen LogP contribution is 2.45. The molecule has 4 unspecified atom stereocenters.